The number of rotatable bonds is 11. The molecule has 170 valence electrons. The van der Waals surface area contributed by atoms with E-state index in [0.29, 0.717) is 13.2 Å². The Morgan fingerprint density at radius 3 is 2.00 bits per heavy atom. The molecule has 2 aromatic rings. The molecule has 31 heavy (non-hydrogen) atoms. The molecule has 0 radical (unpaired) electrons. The van der Waals surface area contributed by atoms with Gasteiger partial charge in [0.1, 0.15) is 5.75 Å². The highest BCUT2D eigenvalue weighted by Gasteiger charge is 2.38. The molecule has 2 rings (SSSR count). The van der Waals surface area contributed by atoms with Crippen LogP contribution >= 0.6 is 0 Å². The zero-order valence-electron chi connectivity index (χ0n) is 16.9. The van der Waals surface area contributed by atoms with Crippen LogP contribution in [0.25, 0.3) is 0 Å². The van der Waals surface area contributed by atoms with Gasteiger partial charge in [0.2, 0.25) is 0 Å². The Kier molecular flexibility index (Phi) is 11.7. The van der Waals surface area contributed by atoms with Crippen LogP contribution < -0.4 is 10.1 Å². The highest BCUT2D eigenvalue weighted by molar-refractivity contribution is 5.73. The van der Waals surface area contributed by atoms with Gasteiger partial charge in [0.05, 0.1) is 13.0 Å². The Morgan fingerprint density at radius 2 is 1.45 bits per heavy atom. The molecule has 3 N–H and O–H groups in total. The zero-order chi connectivity index (χ0) is 23.1. The molecule has 0 saturated heterocycles. The Balaban J connectivity index is 0.000000592. The number of alkyl halides is 3. The fourth-order valence-corrected chi connectivity index (χ4v) is 2.42. The van der Waals surface area contributed by atoms with Crippen LogP contribution in [-0.4, -0.2) is 48.0 Å². The number of hydrogen-bond donors (Lipinski definition) is 3. The standard InChI is InChI=1S/C20H25NO3.C2HF3O2/c22-20(23)12-15-21-14-4-7-18-8-10-19(11-9-18)24-16-13-17-5-2-1-3-6-17;3-2(4,5)1(6)7/h1-3,5-6,8-11,21H,4,7,12-16H2,(H,22,23);(H,6,7). The molecule has 0 fully saturated rings. The van der Waals surface area contributed by atoms with Crippen molar-refractivity contribution in [3.8, 4) is 5.75 Å². The van der Waals surface area contributed by atoms with Gasteiger partial charge in [-0.25, -0.2) is 4.79 Å². The minimum absolute atomic E-state index is 0.176. The fraction of sp³-hybridized carbons (Fsp3) is 0.364. The number of carboxylic acid groups (broad SMARTS) is 2. The first-order valence-electron chi connectivity index (χ1n) is 9.67. The van der Waals surface area contributed by atoms with Crippen molar-refractivity contribution in [3.05, 3.63) is 65.7 Å². The van der Waals surface area contributed by atoms with Gasteiger partial charge in [0.15, 0.2) is 0 Å². The minimum Gasteiger partial charge on any atom is -0.493 e. The van der Waals surface area contributed by atoms with Crippen molar-refractivity contribution in [2.45, 2.75) is 31.9 Å². The Hall–Kier alpha value is -3.07. The molecule has 0 saturated carbocycles. The van der Waals surface area contributed by atoms with Crippen LogP contribution in [0.2, 0.25) is 0 Å². The van der Waals surface area contributed by atoms with Gasteiger partial charge in [0.25, 0.3) is 0 Å². The van der Waals surface area contributed by atoms with Crippen LogP contribution in [-0.2, 0) is 22.4 Å². The third-order valence-corrected chi connectivity index (χ3v) is 4.00. The van der Waals surface area contributed by atoms with Crippen LogP contribution in [0.1, 0.15) is 24.0 Å². The Bertz CT molecular complexity index is 780. The molecular formula is C22H26F3NO5. The number of hydrogen-bond acceptors (Lipinski definition) is 4. The van der Waals surface area contributed by atoms with Crippen molar-refractivity contribution >= 4 is 11.9 Å². The lowest BCUT2D eigenvalue weighted by atomic mass is 10.1. The average molecular weight is 441 g/mol. The van der Waals surface area contributed by atoms with Crippen LogP contribution in [0.3, 0.4) is 0 Å². The van der Waals surface area contributed by atoms with Gasteiger partial charge < -0.3 is 20.3 Å². The van der Waals surface area contributed by atoms with E-state index < -0.39 is 18.1 Å². The smallest absolute Gasteiger partial charge is 0.490 e. The van der Waals surface area contributed by atoms with E-state index in [2.05, 4.69) is 29.6 Å². The molecular weight excluding hydrogens is 415 g/mol. The van der Waals surface area contributed by atoms with Crippen molar-refractivity contribution in [2.24, 2.45) is 0 Å². The molecule has 0 aliphatic rings. The lowest BCUT2D eigenvalue weighted by Gasteiger charge is -2.08. The molecule has 0 atom stereocenters. The van der Waals surface area contributed by atoms with Crippen LogP contribution in [0.4, 0.5) is 13.2 Å². The number of carbonyl (C=O) groups is 2. The van der Waals surface area contributed by atoms with Crippen LogP contribution in [0.5, 0.6) is 5.75 Å². The highest BCUT2D eigenvalue weighted by Crippen LogP contribution is 2.14. The number of halogens is 3. The second-order valence-corrected chi connectivity index (χ2v) is 6.53. The summed E-state index contributed by atoms with van der Waals surface area (Å²) in [6, 6.07) is 18.5. The summed E-state index contributed by atoms with van der Waals surface area (Å²) in [4.78, 5) is 19.3. The monoisotopic (exact) mass is 441 g/mol. The predicted molar refractivity (Wildman–Crippen MR) is 109 cm³/mol. The summed E-state index contributed by atoms with van der Waals surface area (Å²) in [5.74, 6) is -2.62. The van der Waals surface area contributed by atoms with E-state index in [1.54, 1.807) is 0 Å². The van der Waals surface area contributed by atoms with Crippen molar-refractivity contribution in [3.63, 3.8) is 0 Å². The van der Waals surface area contributed by atoms with Crippen molar-refractivity contribution in [2.75, 3.05) is 19.7 Å². The number of ether oxygens (including phenoxy) is 1. The lowest BCUT2D eigenvalue weighted by molar-refractivity contribution is -0.192. The lowest BCUT2D eigenvalue weighted by Crippen LogP contribution is -2.21. The summed E-state index contributed by atoms with van der Waals surface area (Å²) < 4.78 is 37.5. The first kappa shape index (κ1) is 26.0. The molecule has 0 aromatic heterocycles. The summed E-state index contributed by atoms with van der Waals surface area (Å²) in [5.41, 5.74) is 2.55. The first-order chi connectivity index (χ1) is 14.7. The molecule has 0 heterocycles. The molecule has 0 aliphatic carbocycles. The van der Waals surface area contributed by atoms with Gasteiger partial charge in [-0.3, -0.25) is 4.79 Å². The van der Waals surface area contributed by atoms with Gasteiger partial charge >= 0.3 is 18.1 Å². The van der Waals surface area contributed by atoms with Gasteiger partial charge in [-0.2, -0.15) is 13.2 Å². The summed E-state index contributed by atoms with van der Waals surface area (Å²) in [6.07, 6.45) is -2.03. The SMILES string of the molecule is O=C(O)C(F)(F)F.O=C(O)CCNCCCc1ccc(OCCc2ccccc2)cc1. The van der Waals surface area contributed by atoms with Gasteiger partial charge in [-0.05, 0) is 42.6 Å². The molecule has 2 aromatic carbocycles. The molecule has 9 heteroatoms. The average Bonchev–Trinajstić information content (AvgIpc) is 2.72. The maximum absolute atomic E-state index is 10.6. The van der Waals surface area contributed by atoms with E-state index in [1.807, 2.05) is 30.3 Å². The molecule has 6 nitrogen and oxygen atoms in total. The van der Waals surface area contributed by atoms with Crippen molar-refractivity contribution in [1.29, 1.82) is 0 Å². The predicted octanol–water partition coefficient (Wildman–Crippen LogP) is 3.94. The number of carboxylic acids is 2. The van der Waals surface area contributed by atoms with E-state index in [4.69, 9.17) is 19.7 Å². The van der Waals surface area contributed by atoms with E-state index in [1.165, 1.54) is 11.1 Å². The Labute approximate surface area is 178 Å². The fourth-order valence-electron chi connectivity index (χ4n) is 2.42. The third kappa shape index (κ3) is 13.0. The maximum Gasteiger partial charge on any atom is 0.490 e. The van der Waals surface area contributed by atoms with Gasteiger partial charge in [-0.15, -0.1) is 0 Å². The van der Waals surface area contributed by atoms with E-state index in [0.717, 1.165) is 31.6 Å². The zero-order valence-corrected chi connectivity index (χ0v) is 16.9. The quantitative estimate of drug-likeness (QED) is 0.457. The Morgan fingerprint density at radius 1 is 0.871 bits per heavy atom. The highest BCUT2D eigenvalue weighted by atomic mass is 19.4. The summed E-state index contributed by atoms with van der Waals surface area (Å²) in [7, 11) is 0. The van der Waals surface area contributed by atoms with Gasteiger partial charge in [-0.1, -0.05) is 42.5 Å². The van der Waals surface area contributed by atoms with E-state index in [9.17, 15) is 18.0 Å². The molecule has 0 bridgehead atoms. The summed E-state index contributed by atoms with van der Waals surface area (Å²) >= 11 is 0. The second-order valence-electron chi connectivity index (χ2n) is 6.53. The number of nitrogens with one attached hydrogen (secondary N) is 1. The van der Waals surface area contributed by atoms with E-state index in [-0.39, 0.29) is 6.42 Å². The normalized spacial score (nSPS) is 10.7. The topological polar surface area (TPSA) is 95.9 Å². The van der Waals surface area contributed by atoms with Crippen molar-refractivity contribution < 1.29 is 37.7 Å². The molecule has 0 aliphatic heterocycles. The minimum atomic E-state index is -5.08. The maximum atomic E-state index is 10.6. The largest absolute Gasteiger partial charge is 0.493 e. The number of benzene rings is 2. The van der Waals surface area contributed by atoms with Gasteiger partial charge in [0, 0.05) is 13.0 Å². The molecule has 0 spiro atoms. The van der Waals surface area contributed by atoms with E-state index >= 15 is 0 Å². The summed E-state index contributed by atoms with van der Waals surface area (Å²) in [5, 5.41) is 18.8. The van der Waals surface area contributed by atoms with Crippen molar-refractivity contribution in [1.82, 2.24) is 5.32 Å². The first-order valence-corrected chi connectivity index (χ1v) is 9.67. The summed E-state index contributed by atoms with van der Waals surface area (Å²) in [6.45, 7) is 2.04. The van der Waals surface area contributed by atoms with Crippen LogP contribution in [0.15, 0.2) is 54.6 Å². The molecule has 0 amide bonds. The third-order valence-electron chi connectivity index (χ3n) is 4.00. The number of aliphatic carboxylic acids is 2. The van der Waals surface area contributed by atoms with Crippen LogP contribution in [0, 0.1) is 0 Å². The number of aryl methyl sites for hydroxylation is 1. The second kappa shape index (κ2) is 14.0. The molecule has 0 unspecified atom stereocenters.